The molecule has 3 rings (SSSR count). The van der Waals surface area contributed by atoms with Gasteiger partial charge in [-0.1, -0.05) is 6.07 Å². The van der Waals surface area contributed by atoms with E-state index in [2.05, 4.69) is 50.9 Å². The van der Waals surface area contributed by atoms with Gasteiger partial charge < -0.3 is 5.32 Å². The summed E-state index contributed by atoms with van der Waals surface area (Å²) in [5.74, 6) is 4.00. The van der Waals surface area contributed by atoms with Crippen molar-refractivity contribution in [2.45, 2.75) is 30.7 Å². The smallest absolute Gasteiger partial charge is 0.0543 e. The standard InChI is InChI=1S/C16H25N3S2/c1-2-6-17-15(3-1)12-19-7-4-14(5-8-19)18-11-16-13-20-9-10-21-16/h1-3,6,14,16,18H,4-5,7-13H2. The zero-order valence-corrected chi connectivity index (χ0v) is 14.2. The van der Waals surface area contributed by atoms with Crippen LogP contribution in [-0.2, 0) is 6.54 Å². The van der Waals surface area contributed by atoms with Crippen LogP contribution in [0.15, 0.2) is 24.4 Å². The molecule has 1 N–H and O–H groups in total. The minimum Gasteiger partial charge on any atom is -0.313 e. The van der Waals surface area contributed by atoms with Gasteiger partial charge in [0, 0.05) is 60.9 Å². The summed E-state index contributed by atoms with van der Waals surface area (Å²) in [5.41, 5.74) is 1.19. The van der Waals surface area contributed by atoms with Gasteiger partial charge in [-0.05, 0) is 25.0 Å². The van der Waals surface area contributed by atoms with Crippen LogP contribution in [0.2, 0.25) is 0 Å². The average Bonchev–Trinajstić information content (AvgIpc) is 2.56. The average molecular weight is 324 g/mol. The largest absolute Gasteiger partial charge is 0.313 e. The first-order valence-corrected chi connectivity index (χ1v) is 10.2. The Balaban J connectivity index is 1.35. The topological polar surface area (TPSA) is 28.2 Å². The molecule has 2 saturated heterocycles. The summed E-state index contributed by atoms with van der Waals surface area (Å²) in [6.45, 7) is 4.59. The van der Waals surface area contributed by atoms with Gasteiger partial charge in [-0.3, -0.25) is 9.88 Å². The van der Waals surface area contributed by atoms with Gasteiger partial charge in [0.25, 0.3) is 0 Å². The number of piperidine rings is 1. The van der Waals surface area contributed by atoms with E-state index in [1.807, 2.05) is 12.3 Å². The van der Waals surface area contributed by atoms with Gasteiger partial charge in [-0.15, -0.1) is 0 Å². The van der Waals surface area contributed by atoms with Crippen molar-refractivity contribution in [3.05, 3.63) is 30.1 Å². The minimum absolute atomic E-state index is 0.720. The molecule has 0 radical (unpaired) electrons. The van der Waals surface area contributed by atoms with Crippen molar-refractivity contribution in [1.29, 1.82) is 0 Å². The molecule has 2 aliphatic rings. The summed E-state index contributed by atoms with van der Waals surface area (Å²) in [7, 11) is 0. The van der Waals surface area contributed by atoms with Crippen LogP contribution >= 0.6 is 23.5 Å². The van der Waals surface area contributed by atoms with E-state index in [4.69, 9.17) is 0 Å². The Morgan fingerprint density at radius 1 is 1.24 bits per heavy atom. The van der Waals surface area contributed by atoms with Crippen LogP contribution in [0.25, 0.3) is 0 Å². The number of thioether (sulfide) groups is 2. The van der Waals surface area contributed by atoms with Crippen molar-refractivity contribution in [2.24, 2.45) is 0 Å². The number of rotatable bonds is 5. The number of hydrogen-bond donors (Lipinski definition) is 1. The van der Waals surface area contributed by atoms with Crippen molar-refractivity contribution in [3.63, 3.8) is 0 Å². The fraction of sp³-hybridized carbons (Fsp3) is 0.688. The van der Waals surface area contributed by atoms with Crippen LogP contribution in [-0.4, -0.2) is 58.1 Å². The van der Waals surface area contributed by atoms with Crippen molar-refractivity contribution >= 4 is 23.5 Å². The fourth-order valence-corrected chi connectivity index (χ4v) is 5.59. The van der Waals surface area contributed by atoms with Crippen LogP contribution in [0, 0.1) is 0 Å². The number of likely N-dealkylation sites (tertiary alicyclic amines) is 1. The third kappa shape index (κ3) is 5.16. The molecule has 3 nitrogen and oxygen atoms in total. The Morgan fingerprint density at radius 3 is 2.86 bits per heavy atom. The molecule has 1 aromatic rings. The van der Waals surface area contributed by atoms with Crippen molar-refractivity contribution in [2.75, 3.05) is 36.9 Å². The molecule has 1 aromatic heterocycles. The second kappa shape index (κ2) is 8.42. The molecule has 3 heterocycles. The highest BCUT2D eigenvalue weighted by Gasteiger charge is 2.21. The zero-order chi connectivity index (χ0) is 14.3. The molecule has 1 atom stereocenters. The van der Waals surface area contributed by atoms with E-state index in [0.717, 1.165) is 17.8 Å². The third-order valence-corrected chi connectivity index (χ3v) is 7.06. The van der Waals surface area contributed by atoms with E-state index in [-0.39, 0.29) is 0 Å². The normalized spacial score (nSPS) is 25.0. The number of nitrogens with one attached hydrogen (secondary N) is 1. The van der Waals surface area contributed by atoms with E-state index < -0.39 is 0 Å². The highest BCUT2D eigenvalue weighted by molar-refractivity contribution is 8.06. The predicted molar refractivity (Wildman–Crippen MR) is 94.1 cm³/mol. The Morgan fingerprint density at radius 2 is 2.14 bits per heavy atom. The van der Waals surface area contributed by atoms with Crippen LogP contribution in [0.3, 0.4) is 0 Å². The van der Waals surface area contributed by atoms with Crippen molar-refractivity contribution in [1.82, 2.24) is 15.2 Å². The Hall–Kier alpha value is -0.230. The summed E-state index contributed by atoms with van der Waals surface area (Å²) in [6.07, 6.45) is 4.44. The Labute approximate surface area is 136 Å². The number of aromatic nitrogens is 1. The van der Waals surface area contributed by atoms with E-state index in [9.17, 15) is 0 Å². The van der Waals surface area contributed by atoms with Gasteiger partial charge in [0.15, 0.2) is 0 Å². The number of nitrogens with zero attached hydrogens (tertiary/aromatic N) is 2. The van der Waals surface area contributed by atoms with Crippen molar-refractivity contribution < 1.29 is 0 Å². The van der Waals surface area contributed by atoms with E-state index in [1.165, 1.54) is 55.4 Å². The quantitative estimate of drug-likeness (QED) is 0.899. The minimum atomic E-state index is 0.720. The molecule has 0 amide bonds. The molecule has 21 heavy (non-hydrogen) atoms. The number of pyridine rings is 1. The van der Waals surface area contributed by atoms with Gasteiger partial charge in [0.2, 0.25) is 0 Å². The Kier molecular flexibility index (Phi) is 6.27. The summed E-state index contributed by atoms with van der Waals surface area (Å²) < 4.78 is 0. The molecule has 0 bridgehead atoms. The van der Waals surface area contributed by atoms with Gasteiger partial charge in [0.05, 0.1) is 5.69 Å². The maximum atomic E-state index is 4.43. The molecule has 5 heteroatoms. The van der Waals surface area contributed by atoms with E-state index in [1.54, 1.807) is 0 Å². The molecule has 0 saturated carbocycles. The lowest BCUT2D eigenvalue weighted by Gasteiger charge is -2.33. The first-order chi connectivity index (χ1) is 10.4. The molecule has 0 aromatic carbocycles. The van der Waals surface area contributed by atoms with Crippen LogP contribution in [0.4, 0.5) is 0 Å². The highest BCUT2D eigenvalue weighted by atomic mass is 32.2. The summed E-state index contributed by atoms with van der Waals surface area (Å²) in [5, 5.41) is 4.63. The molecule has 0 aliphatic carbocycles. The predicted octanol–water partition coefficient (Wildman–Crippen LogP) is 2.48. The van der Waals surface area contributed by atoms with E-state index >= 15 is 0 Å². The van der Waals surface area contributed by atoms with Crippen LogP contribution in [0.1, 0.15) is 18.5 Å². The monoisotopic (exact) mass is 323 g/mol. The summed E-state index contributed by atoms with van der Waals surface area (Å²) in [4.78, 5) is 6.96. The first kappa shape index (κ1) is 15.7. The zero-order valence-electron chi connectivity index (χ0n) is 12.5. The molecular weight excluding hydrogens is 298 g/mol. The van der Waals surface area contributed by atoms with Crippen LogP contribution in [0.5, 0.6) is 0 Å². The molecular formula is C16H25N3S2. The van der Waals surface area contributed by atoms with Gasteiger partial charge in [0.1, 0.15) is 0 Å². The highest BCUT2D eigenvalue weighted by Crippen LogP contribution is 2.23. The second-order valence-corrected chi connectivity index (χ2v) is 8.41. The lowest BCUT2D eigenvalue weighted by atomic mass is 10.0. The van der Waals surface area contributed by atoms with Gasteiger partial charge in [-0.25, -0.2) is 0 Å². The molecule has 2 aliphatic heterocycles. The first-order valence-electron chi connectivity index (χ1n) is 7.95. The summed E-state index contributed by atoms with van der Waals surface area (Å²) in [6, 6.07) is 6.91. The Bertz CT molecular complexity index is 401. The fourth-order valence-electron chi connectivity index (χ4n) is 2.97. The van der Waals surface area contributed by atoms with Gasteiger partial charge >= 0.3 is 0 Å². The molecule has 116 valence electrons. The number of hydrogen-bond acceptors (Lipinski definition) is 5. The maximum Gasteiger partial charge on any atom is 0.0543 e. The van der Waals surface area contributed by atoms with Crippen molar-refractivity contribution in [3.8, 4) is 0 Å². The maximum absolute atomic E-state index is 4.43. The molecule has 0 spiro atoms. The third-order valence-electron chi connectivity index (χ3n) is 4.22. The molecule has 2 fully saturated rings. The van der Waals surface area contributed by atoms with Crippen LogP contribution < -0.4 is 5.32 Å². The summed E-state index contributed by atoms with van der Waals surface area (Å²) >= 11 is 4.27. The molecule has 1 unspecified atom stereocenters. The SMILES string of the molecule is c1ccc(CN2CCC(NCC3CSCCS3)CC2)nc1. The lowest BCUT2D eigenvalue weighted by molar-refractivity contribution is 0.189. The van der Waals surface area contributed by atoms with E-state index in [0.29, 0.717) is 0 Å². The lowest BCUT2D eigenvalue weighted by Crippen LogP contribution is -2.44. The second-order valence-electron chi connectivity index (χ2n) is 5.85. The van der Waals surface area contributed by atoms with Gasteiger partial charge in [-0.2, -0.15) is 23.5 Å².